The fourth-order valence-electron chi connectivity index (χ4n) is 0.964. The average molecular weight is 235 g/mol. The maximum Gasteiger partial charge on any atom is 0 e. The van der Waals surface area contributed by atoms with E-state index >= 15 is 0 Å². The van der Waals surface area contributed by atoms with E-state index in [1.807, 2.05) is 0 Å². The molecule has 1 aliphatic carbocycles. The van der Waals surface area contributed by atoms with Crippen molar-refractivity contribution in [2.75, 3.05) is 0 Å². The Morgan fingerprint density at radius 3 is 2.00 bits per heavy atom. The Balaban J connectivity index is 0. The van der Waals surface area contributed by atoms with Crippen LogP contribution in [0.1, 0.15) is 20.8 Å². The first-order valence-electron chi connectivity index (χ1n) is 2.98. The second kappa shape index (κ2) is 5.32. The maximum absolute atomic E-state index is 3.29. The molecule has 10 heavy (non-hydrogen) atoms. The van der Waals surface area contributed by atoms with Crippen LogP contribution >= 0.6 is 12.4 Å². The molecule has 1 unspecified atom stereocenters. The number of hydrogen-bond acceptors (Lipinski definition) is 0. The van der Waals surface area contributed by atoms with Crippen LogP contribution in [-0.2, 0) is 26.2 Å². The Morgan fingerprint density at radius 2 is 1.90 bits per heavy atom. The average Bonchev–Trinajstić information content (AvgIpc) is 1.85. The Labute approximate surface area is 88.3 Å². The molecule has 2 heteroatoms. The van der Waals surface area contributed by atoms with E-state index in [0.717, 1.165) is 0 Å². The van der Waals surface area contributed by atoms with Crippen LogP contribution in [0.15, 0.2) is 17.2 Å². The monoisotopic (exact) mass is 233 g/mol. The summed E-state index contributed by atoms with van der Waals surface area (Å²) in [5, 5.41) is 0. The Kier molecular flexibility index (Phi) is 7.06. The van der Waals surface area contributed by atoms with E-state index in [1.54, 1.807) is 0 Å². The van der Waals surface area contributed by atoms with Gasteiger partial charge in [0, 0.05) is 26.2 Å². The van der Waals surface area contributed by atoms with Gasteiger partial charge in [0.25, 0.3) is 0 Å². The molecular weight excluding hydrogens is 223 g/mol. The summed E-state index contributed by atoms with van der Waals surface area (Å²) in [6, 6.07) is 0. The fraction of sp³-hybridized carbons (Fsp3) is 0.500. The van der Waals surface area contributed by atoms with Gasteiger partial charge < -0.3 is 0 Å². The van der Waals surface area contributed by atoms with Gasteiger partial charge >= 0.3 is 0 Å². The molecular formula is C8H12ClZr-. The fourth-order valence-corrected chi connectivity index (χ4v) is 0.964. The molecule has 0 aromatic rings. The molecule has 0 N–H and O–H groups in total. The molecule has 0 spiro atoms. The van der Waals surface area contributed by atoms with E-state index in [-0.39, 0.29) is 38.6 Å². The first kappa shape index (κ1) is 13.3. The van der Waals surface area contributed by atoms with Gasteiger partial charge in [0.2, 0.25) is 0 Å². The largest absolute Gasteiger partial charge is 0.266 e. The summed E-state index contributed by atoms with van der Waals surface area (Å²) in [7, 11) is 0. The van der Waals surface area contributed by atoms with E-state index in [2.05, 4.69) is 32.9 Å². The molecule has 0 bridgehead atoms. The van der Waals surface area contributed by atoms with E-state index < -0.39 is 0 Å². The minimum absolute atomic E-state index is 0. The zero-order valence-electron chi connectivity index (χ0n) is 6.56. The molecule has 0 saturated carbocycles. The third-order valence-electron chi connectivity index (χ3n) is 1.57. The molecule has 0 saturated heterocycles. The smallest absolute Gasteiger partial charge is 0 e. The van der Waals surface area contributed by atoms with Gasteiger partial charge in [-0.3, -0.25) is 6.08 Å². The van der Waals surface area contributed by atoms with Crippen LogP contribution in [0.25, 0.3) is 0 Å². The van der Waals surface area contributed by atoms with E-state index in [1.165, 1.54) is 11.1 Å². The summed E-state index contributed by atoms with van der Waals surface area (Å²) in [6.45, 7) is 6.41. The summed E-state index contributed by atoms with van der Waals surface area (Å²) in [6.07, 6.45) is 5.48. The predicted molar refractivity (Wildman–Crippen MR) is 42.6 cm³/mol. The van der Waals surface area contributed by atoms with Gasteiger partial charge in [-0.2, -0.15) is 5.57 Å². The first-order chi connectivity index (χ1) is 3.70. The van der Waals surface area contributed by atoms with Crippen LogP contribution in [0, 0.1) is 12.0 Å². The van der Waals surface area contributed by atoms with Crippen molar-refractivity contribution in [3.05, 3.63) is 23.3 Å². The molecule has 1 rings (SSSR count). The third-order valence-corrected chi connectivity index (χ3v) is 1.57. The predicted octanol–water partition coefficient (Wildman–Crippen LogP) is 2.75. The zero-order valence-corrected chi connectivity index (χ0v) is 9.84. The third kappa shape index (κ3) is 3.17. The summed E-state index contributed by atoms with van der Waals surface area (Å²) < 4.78 is 0. The Hall–Kier alpha value is 0.653. The van der Waals surface area contributed by atoms with Crippen molar-refractivity contribution in [3.8, 4) is 0 Å². The van der Waals surface area contributed by atoms with Crippen LogP contribution in [0.3, 0.4) is 0 Å². The molecule has 0 fully saturated rings. The minimum Gasteiger partial charge on any atom is -0.266 e. The molecule has 0 amide bonds. The topological polar surface area (TPSA) is 0 Å². The standard InChI is InChI=1S/C8H11.ClH.Zr/c1-6-4-7(2)8(3)5-6;;/h4,8H,1-3H3;1H;/q-1;;. The molecule has 0 aromatic heterocycles. The van der Waals surface area contributed by atoms with Crippen molar-refractivity contribution in [2.24, 2.45) is 5.92 Å². The Morgan fingerprint density at radius 1 is 1.40 bits per heavy atom. The van der Waals surface area contributed by atoms with E-state index in [4.69, 9.17) is 0 Å². The van der Waals surface area contributed by atoms with Gasteiger partial charge in [0.1, 0.15) is 0 Å². The molecule has 0 aromatic carbocycles. The van der Waals surface area contributed by atoms with Crippen molar-refractivity contribution in [3.63, 3.8) is 0 Å². The number of allylic oxidation sites excluding steroid dienone is 4. The number of halogens is 1. The van der Waals surface area contributed by atoms with Gasteiger partial charge in [-0.25, -0.2) is 11.6 Å². The van der Waals surface area contributed by atoms with Gasteiger partial charge in [-0.05, 0) is 0 Å². The molecule has 56 valence electrons. The van der Waals surface area contributed by atoms with Gasteiger partial charge in [-0.1, -0.05) is 26.7 Å². The number of rotatable bonds is 0. The minimum atomic E-state index is 0. The van der Waals surface area contributed by atoms with Gasteiger partial charge in [0.05, 0.1) is 0 Å². The van der Waals surface area contributed by atoms with Crippen molar-refractivity contribution in [1.29, 1.82) is 0 Å². The van der Waals surface area contributed by atoms with Crippen LogP contribution < -0.4 is 0 Å². The summed E-state index contributed by atoms with van der Waals surface area (Å²) in [5.41, 5.74) is 2.72. The van der Waals surface area contributed by atoms with Crippen LogP contribution in [0.2, 0.25) is 0 Å². The van der Waals surface area contributed by atoms with Crippen LogP contribution in [0.4, 0.5) is 0 Å². The summed E-state index contributed by atoms with van der Waals surface area (Å²) in [4.78, 5) is 0. The second-order valence-corrected chi connectivity index (χ2v) is 2.44. The van der Waals surface area contributed by atoms with Gasteiger partial charge in [-0.15, -0.1) is 12.4 Å². The second-order valence-electron chi connectivity index (χ2n) is 2.44. The summed E-state index contributed by atoms with van der Waals surface area (Å²) >= 11 is 0. The SMILES string of the molecule is CC1=[C-]C(C)C(C)=C1.Cl.[Zr]. The Bertz CT molecular complexity index is 159. The summed E-state index contributed by atoms with van der Waals surface area (Å²) in [5.74, 6) is 0.565. The van der Waals surface area contributed by atoms with Crippen LogP contribution in [0.5, 0.6) is 0 Å². The molecule has 0 aliphatic heterocycles. The number of hydrogen-bond donors (Lipinski definition) is 0. The first-order valence-corrected chi connectivity index (χ1v) is 2.98. The van der Waals surface area contributed by atoms with Crippen LogP contribution in [-0.4, -0.2) is 0 Å². The quantitative estimate of drug-likeness (QED) is 0.566. The maximum atomic E-state index is 3.29. The molecule has 0 heterocycles. The van der Waals surface area contributed by atoms with E-state index in [0.29, 0.717) is 5.92 Å². The van der Waals surface area contributed by atoms with Crippen molar-refractivity contribution >= 4 is 12.4 Å². The molecule has 0 radical (unpaired) electrons. The van der Waals surface area contributed by atoms with E-state index in [9.17, 15) is 0 Å². The van der Waals surface area contributed by atoms with Crippen molar-refractivity contribution < 1.29 is 26.2 Å². The zero-order chi connectivity index (χ0) is 6.15. The molecule has 0 nitrogen and oxygen atoms in total. The van der Waals surface area contributed by atoms with Gasteiger partial charge in [0.15, 0.2) is 0 Å². The van der Waals surface area contributed by atoms with Crippen molar-refractivity contribution in [2.45, 2.75) is 20.8 Å². The van der Waals surface area contributed by atoms with Crippen molar-refractivity contribution in [1.82, 2.24) is 0 Å². The molecule has 1 atom stereocenters. The molecule has 1 aliphatic rings. The normalized spacial score (nSPS) is 22.1.